The molecule has 0 amide bonds. The van der Waals surface area contributed by atoms with Crippen LogP contribution in [0.2, 0.25) is 0 Å². The summed E-state index contributed by atoms with van der Waals surface area (Å²) in [6.07, 6.45) is 72.3. The predicted molar refractivity (Wildman–Crippen MR) is 332 cm³/mol. The fourth-order valence-electron chi connectivity index (χ4n) is 11.8. The van der Waals surface area contributed by atoms with Crippen LogP contribution in [-0.4, -0.2) is 111 Å². The highest BCUT2D eigenvalue weighted by Crippen LogP contribution is 2.17. The van der Waals surface area contributed by atoms with Crippen LogP contribution in [0, 0.1) is 0 Å². The molecule has 0 saturated carbocycles. The maximum atomic E-state index is 3.88. The largest absolute Gasteiger partial charge is 0.315 e. The van der Waals surface area contributed by atoms with E-state index in [1.807, 2.05) is 0 Å². The van der Waals surface area contributed by atoms with E-state index in [1.165, 1.54) is 413 Å². The first-order chi connectivity index (χ1) is 36.2. The van der Waals surface area contributed by atoms with Crippen molar-refractivity contribution >= 4 is 0 Å². The first-order valence-corrected chi connectivity index (χ1v) is 34.8. The molecular formula is C68H141N5. The summed E-state index contributed by atoms with van der Waals surface area (Å²) in [6, 6.07) is 0. The van der Waals surface area contributed by atoms with Gasteiger partial charge < -0.3 is 15.1 Å². The van der Waals surface area contributed by atoms with Gasteiger partial charge in [-0.2, -0.15) is 0 Å². The standard InChI is InChI=1S/C68H141N5/c1-5-9-13-17-21-25-29-30-31-32-33-34-35-36-37-38-39-43-47-51-55-69-56-60-71(59-54-50-46-42-28-24-20-16-12-8-4)62-64-73-67-65-72(66-68-73)63-61-70(57-52-48-44-40-26-22-18-14-10-6-2)58-53-49-45-41-27-23-19-15-11-7-3/h69H,5-68H2,1-4H3. The number of nitrogens with zero attached hydrogens (tertiary/aromatic N) is 4. The summed E-state index contributed by atoms with van der Waals surface area (Å²) in [4.78, 5) is 11.3. The molecule has 0 aromatic heterocycles. The van der Waals surface area contributed by atoms with Crippen LogP contribution >= 0.6 is 0 Å². The van der Waals surface area contributed by atoms with Crippen LogP contribution in [0.1, 0.15) is 349 Å². The molecule has 1 fully saturated rings. The normalized spacial score (nSPS) is 13.7. The Morgan fingerprint density at radius 3 is 0.671 bits per heavy atom. The summed E-state index contributed by atoms with van der Waals surface area (Å²) in [5.74, 6) is 0. The van der Waals surface area contributed by atoms with Gasteiger partial charge in [-0.15, -0.1) is 0 Å². The van der Waals surface area contributed by atoms with Gasteiger partial charge >= 0.3 is 0 Å². The van der Waals surface area contributed by atoms with Gasteiger partial charge in [0.25, 0.3) is 0 Å². The fraction of sp³-hybridized carbons (Fsp3) is 1.00. The smallest absolute Gasteiger partial charge is 0.0110 e. The van der Waals surface area contributed by atoms with Crippen LogP contribution in [0.15, 0.2) is 0 Å². The Bertz CT molecular complexity index is 959. The number of nitrogens with one attached hydrogen (secondary N) is 1. The molecule has 5 nitrogen and oxygen atoms in total. The van der Waals surface area contributed by atoms with Gasteiger partial charge in [0.15, 0.2) is 0 Å². The Labute approximate surface area is 463 Å². The Morgan fingerprint density at radius 2 is 0.425 bits per heavy atom. The van der Waals surface area contributed by atoms with Gasteiger partial charge in [-0.3, -0.25) is 9.80 Å². The van der Waals surface area contributed by atoms with E-state index in [0.717, 1.165) is 0 Å². The molecule has 1 heterocycles. The molecule has 0 atom stereocenters. The number of rotatable bonds is 63. The van der Waals surface area contributed by atoms with Crippen molar-refractivity contribution in [2.75, 3.05) is 91.6 Å². The van der Waals surface area contributed by atoms with Crippen molar-refractivity contribution in [1.29, 1.82) is 0 Å². The fourth-order valence-corrected chi connectivity index (χ4v) is 11.8. The lowest BCUT2D eigenvalue weighted by Gasteiger charge is -2.37. The first kappa shape index (κ1) is 70.8. The zero-order chi connectivity index (χ0) is 52.3. The van der Waals surface area contributed by atoms with Crippen LogP contribution in [-0.2, 0) is 0 Å². The average Bonchev–Trinajstić information content (AvgIpc) is 3.41. The summed E-state index contributed by atoms with van der Waals surface area (Å²) in [6.45, 7) is 27.0. The van der Waals surface area contributed by atoms with Crippen LogP contribution in [0.3, 0.4) is 0 Å². The van der Waals surface area contributed by atoms with Crippen molar-refractivity contribution in [2.24, 2.45) is 0 Å². The molecule has 0 radical (unpaired) electrons. The molecule has 1 aliphatic rings. The Morgan fingerprint density at radius 1 is 0.219 bits per heavy atom. The van der Waals surface area contributed by atoms with E-state index >= 15 is 0 Å². The highest BCUT2D eigenvalue weighted by atomic mass is 15.3. The van der Waals surface area contributed by atoms with Crippen LogP contribution in [0.4, 0.5) is 0 Å². The van der Waals surface area contributed by atoms with Gasteiger partial charge in [-0.25, -0.2) is 0 Å². The second-order valence-electron chi connectivity index (χ2n) is 24.4. The van der Waals surface area contributed by atoms with Crippen molar-refractivity contribution < 1.29 is 0 Å². The zero-order valence-corrected chi connectivity index (χ0v) is 51.5. The van der Waals surface area contributed by atoms with Crippen molar-refractivity contribution in [3.05, 3.63) is 0 Å². The summed E-state index contributed by atoms with van der Waals surface area (Å²) in [7, 11) is 0. The molecule has 0 unspecified atom stereocenters. The van der Waals surface area contributed by atoms with Crippen LogP contribution in [0.25, 0.3) is 0 Å². The third-order valence-electron chi connectivity index (χ3n) is 17.2. The summed E-state index contributed by atoms with van der Waals surface area (Å²) < 4.78 is 0. The van der Waals surface area contributed by atoms with Gasteiger partial charge in [0, 0.05) is 65.4 Å². The third kappa shape index (κ3) is 53.6. The molecule has 0 spiro atoms. The summed E-state index contributed by atoms with van der Waals surface area (Å²) >= 11 is 0. The molecule has 0 aliphatic carbocycles. The van der Waals surface area contributed by atoms with Crippen molar-refractivity contribution in [1.82, 2.24) is 24.9 Å². The first-order valence-electron chi connectivity index (χ1n) is 34.8. The minimum Gasteiger partial charge on any atom is -0.315 e. The lowest BCUT2D eigenvalue weighted by molar-refractivity contribution is 0.107. The molecule has 1 aliphatic heterocycles. The highest BCUT2D eigenvalue weighted by Gasteiger charge is 2.18. The van der Waals surface area contributed by atoms with E-state index < -0.39 is 0 Å². The molecule has 5 heteroatoms. The van der Waals surface area contributed by atoms with E-state index in [4.69, 9.17) is 0 Å². The molecule has 73 heavy (non-hydrogen) atoms. The van der Waals surface area contributed by atoms with Crippen molar-refractivity contribution in [2.45, 2.75) is 349 Å². The van der Waals surface area contributed by atoms with Crippen molar-refractivity contribution in [3.63, 3.8) is 0 Å². The SMILES string of the molecule is CCCCCCCCCCCCCCCCCCCCCCNCCN(CCCCCCCCCCCC)CCN1CCN(CCN(CCCCCCCCCCCC)CCCCCCCCCCCC)CC1. The minimum absolute atomic E-state index is 1.17. The monoisotopic (exact) mass is 1030 g/mol. The molecule has 1 rings (SSSR count). The Balaban J connectivity index is 2.34. The molecule has 0 aromatic carbocycles. The van der Waals surface area contributed by atoms with Crippen molar-refractivity contribution in [3.8, 4) is 0 Å². The molecule has 0 aromatic rings. The van der Waals surface area contributed by atoms with E-state index in [-0.39, 0.29) is 0 Å². The summed E-state index contributed by atoms with van der Waals surface area (Å²) in [5, 5.41) is 3.88. The lowest BCUT2D eigenvalue weighted by atomic mass is 10.0. The average molecular weight is 1030 g/mol. The number of unbranched alkanes of at least 4 members (excludes halogenated alkanes) is 46. The molecule has 1 saturated heterocycles. The van der Waals surface area contributed by atoms with E-state index in [0.29, 0.717) is 0 Å². The van der Waals surface area contributed by atoms with Gasteiger partial charge in [-0.05, 0) is 51.9 Å². The van der Waals surface area contributed by atoms with E-state index in [9.17, 15) is 0 Å². The van der Waals surface area contributed by atoms with Crippen LogP contribution in [0.5, 0.6) is 0 Å². The van der Waals surface area contributed by atoms with Gasteiger partial charge in [0.1, 0.15) is 0 Å². The number of piperazine rings is 1. The predicted octanol–water partition coefficient (Wildman–Crippen LogP) is 20.4. The molecule has 1 N–H and O–H groups in total. The quantitative estimate of drug-likeness (QED) is 0.0612. The minimum atomic E-state index is 1.17. The van der Waals surface area contributed by atoms with Gasteiger partial charge in [0.05, 0.1) is 0 Å². The molecular weight excluding hydrogens is 887 g/mol. The van der Waals surface area contributed by atoms with Gasteiger partial charge in [-0.1, -0.05) is 323 Å². The van der Waals surface area contributed by atoms with Crippen LogP contribution < -0.4 is 5.32 Å². The zero-order valence-electron chi connectivity index (χ0n) is 51.5. The molecule has 438 valence electrons. The van der Waals surface area contributed by atoms with E-state index in [2.05, 4.69) is 52.6 Å². The maximum absolute atomic E-state index is 3.88. The second-order valence-corrected chi connectivity index (χ2v) is 24.4. The summed E-state index contributed by atoms with van der Waals surface area (Å²) in [5.41, 5.74) is 0. The molecule has 0 bridgehead atoms. The Hall–Kier alpha value is -0.200. The lowest BCUT2D eigenvalue weighted by Crippen LogP contribution is -2.50. The third-order valence-corrected chi connectivity index (χ3v) is 17.2. The second kappa shape index (κ2) is 61.0. The van der Waals surface area contributed by atoms with Gasteiger partial charge in [0.2, 0.25) is 0 Å². The topological polar surface area (TPSA) is 25.0 Å². The number of hydrogen-bond donors (Lipinski definition) is 1. The maximum Gasteiger partial charge on any atom is 0.0110 e. The number of hydrogen-bond acceptors (Lipinski definition) is 5. The Kier molecular flexibility index (Phi) is 59.2. The van der Waals surface area contributed by atoms with E-state index in [1.54, 1.807) is 0 Å². The highest BCUT2D eigenvalue weighted by molar-refractivity contribution is 4.75.